The van der Waals surface area contributed by atoms with Crippen LogP contribution in [0, 0.1) is 5.82 Å². The largest absolute Gasteiger partial charge is 0.329 e. The van der Waals surface area contributed by atoms with Gasteiger partial charge in [-0.25, -0.2) is 4.39 Å². The topological polar surface area (TPSA) is 52.0 Å². The highest BCUT2D eigenvalue weighted by molar-refractivity contribution is 7.19. The quantitative estimate of drug-likeness (QED) is 0.796. The second kappa shape index (κ2) is 3.65. The molecule has 0 saturated heterocycles. The zero-order valence-electron chi connectivity index (χ0n) is 7.53. The minimum Gasteiger partial charge on any atom is -0.329 e. The van der Waals surface area contributed by atoms with Gasteiger partial charge in [-0.3, -0.25) is 0 Å². The number of thiophene rings is 1. The van der Waals surface area contributed by atoms with Crippen LogP contribution in [0.2, 0.25) is 0 Å². The van der Waals surface area contributed by atoms with Crippen molar-refractivity contribution in [2.45, 2.75) is 6.04 Å². The van der Waals surface area contributed by atoms with E-state index in [1.54, 1.807) is 6.07 Å². The molecule has 1 heterocycles. The summed E-state index contributed by atoms with van der Waals surface area (Å²) in [5, 5.41) is 0.897. The van der Waals surface area contributed by atoms with E-state index in [9.17, 15) is 4.39 Å². The molecule has 0 unspecified atom stereocenters. The van der Waals surface area contributed by atoms with Crippen LogP contribution in [0.5, 0.6) is 0 Å². The summed E-state index contributed by atoms with van der Waals surface area (Å²) in [6, 6.07) is 6.74. The molecule has 0 fully saturated rings. The molecule has 2 aromatic rings. The third-order valence-electron chi connectivity index (χ3n) is 2.13. The lowest BCUT2D eigenvalue weighted by Crippen LogP contribution is -2.19. The Balaban J connectivity index is 2.56. The standard InChI is InChI=1S/C10H11FN2S/c11-7-3-1-2-6-4-9(8(13)5-12)14-10(6)7/h1-4,8H,5,12-13H2/t8-/m0/s1. The molecule has 4 N–H and O–H groups in total. The van der Waals surface area contributed by atoms with Crippen molar-refractivity contribution in [3.63, 3.8) is 0 Å². The molecule has 74 valence electrons. The number of rotatable bonds is 2. The summed E-state index contributed by atoms with van der Waals surface area (Å²) in [7, 11) is 0. The van der Waals surface area contributed by atoms with E-state index in [1.165, 1.54) is 17.4 Å². The zero-order chi connectivity index (χ0) is 10.1. The van der Waals surface area contributed by atoms with E-state index < -0.39 is 0 Å². The Labute approximate surface area is 85.3 Å². The third kappa shape index (κ3) is 1.52. The van der Waals surface area contributed by atoms with Crippen molar-refractivity contribution in [2.24, 2.45) is 11.5 Å². The fourth-order valence-corrected chi connectivity index (χ4v) is 2.43. The van der Waals surface area contributed by atoms with Crippen molar-refractivity contribution in [1.82, 2.24) is 0 Å². The first kappa shape index (κ1) is 9.58. The van der Waals surface area contributed by atoms with E-state index in [2.05, 4.69) is 0 Å². The maximum Gasteiger partial charge on any atom is 0.140 e. The number of benzene rings is 1. The van der Waals surface area contributed by atoms with Crippen molar-refractivity contribution >= 4 is 21.4 Å². The smallest absolute Gasteiger partial charge is 0.140 e. The third-order valence-corrected chi connectivity index (χ3v) is 3.43. The van der Waals surface area contributed by atoms with Crippen LogP contribution in [0.1, 0.15) is 10.9 Å². The van der Waals surface area contributed by atoms with Gasteiger partial charge in [0.2, 0.25) is 0 Å². The zero-order valence-corrected chi connectivity index (χ0v) is 8.35. The molecule has 0 bridgehead atoms. The van der Waals surface area contributed by atoms with E-state index in [4.69, 9.17) is 11.5 Å². The second-order valence-electron chi connectivity index (χ2n) is 3.15. The van der Waals surface area contributed by atoms with E-state index in [1.807, 2.05) is 12.1 Å². The molecule has 0 aliphatic heterocycles. The van der Waals surface area contributed by atoms with Crippen LogP contribution in [0.4, 0.5) is 4.39 Å². The fraction of sp³-hybridized carbons (Fsp3) is 0.200. The number of halogens is 1. The van der Waals surface area contributed by atoms with Crippen molar-refractivity contribution in [1.29, 1.82) is 0 Å². The van der Waals surface area contributed by atoms with Crippen molar-refractivity contribution in [2.75, 3.05) is 6.54 Å². The lowest BCUT2D eigenvalue weighted by Gasteiger charge is -2.03. The van der Waals surface area contributed by atoms with Crippen LogP contribution in [0.25, 0.3) is 10.1 Å². The Morgan fingerprint density at radius 2 is 2.21 bits per heavy atom. The van der Waals surface area contributed by atoms with E-state index >= 15 is 0 Å². The first-order valence-corrected chi connectivity index (χ1v) is 5.17. The molecule has 14 heavy (non-hydrogen) atoms. The van der Waals surface area contributed by atoms with Gasteiger partial charge in [-0.15, -0.1) is 11.3 Å². The van der Waals surface area contributed by atoms with Gasteiger partial charge < -0.3 is 11.5 Å². The van der Waals surface area contributed by atoms with Gasteiger partial charge in [0.15, 0.2) is 0 Å². The highest BCUT2D eigenvalue weighted by Gasteiger charge is 2.10. The number of hydrogen-bond acceptors (Lipinski definition) is 3. The lowest BCUT2D eigenvalue weighted by molar-refractivity contribution is 0.642. The first-order valence-electron chi connectivity index (χ1n) is 4.36. The molecule has 0 saturated carbocycles. The second-order valence-corrected chi connectivity index (χ2v) is 4.23. The van der Waals surface area contributed by atoms with Crippen molar-refractivity contribution in [3.8, 4) is 0 Å². The Bertz CT molecular complexity index is 452. The molecule has 2 rings (SSSR count). The Kier molecular flexibility index (Phi) is 2.50. The predicted molar refractivity (Wildman–Crippen MR) is 57.8 cm³/mol. The normalized spacial score (nSPS) is 13.4. The van der Waals surface area contributed by atoms with Gasteiger partial charge in [0.25, 0.3) is 0 Å². The average molecular weight is 210 g/mol. The summed E-state index contributed by atoms with van der Waals surface area (Å²) in [4.78, 5) is 0.938. The van der Waals surface area contributed by atoms with E-state index in [-0.39, 0.29) is 11.9 Å². The highest BCUT2D eigenvalue weighted by atomic mass is 32.1. The SMILES string of the molecule is NC[C@H](N)c1cc2cccc(F)c2s1. The van der Waals surface area contributed by atoms with Gasteiger partial charge in [-0.2, -0.15) is 0 Å². The summed E-state index contributed by atoms with van der Waals surface area (Å²) in [5.74, 6) is -0.192. The number of hydrogen-bond donors (Lipinski definition) is 2. The minimum atomic E-state index is -0.192. The highest BCUT2D eigenvalue weighted by Crippen LogP contribution is 2.30. The summed E-state index contributed by atoms with van der Waals surface area (Å²) >= 11 is 1.38. The Morgan fingerprint density at radius 1 is 1.43 bits per heavy atom. The Hall–Kier alpha value is -0.970. The molecule has 0 radical (unpaired) electrons. The van der Waals surface area contributed by atoms with Crippen LogP contribution in [-0.2, 0) is 0 Å². The first-order chi connectivity index (χ1) is 6.72. The van der Waals surface area contributed by atoms with Crippen LogP contribution in [0.15, 0.2) is 24.3 Å². The van der Waals surface area contributed by atoms with Crippen LogP contribution >= 0.6 is 11.3 Å². The molecule has 1 aromatic carbocycles. The summed E-state index contributed by atoms with van der Waals surface area (Å²) in [5.41, 5.74) is 11.2. The molecule has 0 spiro atoms. The molecule has 4 heteroatoms. The van der Waals surface area contributed by atoms with Gasteiger partial charge in [0.1, 0.15) is 5.82 Å². The molecule has 1 atom stereocenters. The molecule has 1 aromatic heterocycles. The van der Waals surface area contributed by atoms with Gasteiger partial charge in [0, 0.05) is 11.4 Å². The van der Waals surface area contributed by atoms with Crippen LogP contribution < -0.4 is 11.5 Å². The molecular formula is C10H11FN2S. The van der Waals surface area contributed by atoms with Gasteiger partial charge in [-0.05, 0) is 17.5 Å². The van der Waals surface area contributed by atoms with Crippen molar-refractivity contribution in [3.05, 3.63) is 35.0 Å². The van der Waals surface area contributed by atoms with Gasteiger partial charge in [0.05, 0.1) is 10.7 Å². The fourth-order valence-electron chi connectivity index (χ4n) is 1.35. The predicted octanol–water partition coefficient (Wildman–Crippen LogP) is 2.00. The van der Waals surface area contributed by atoms with E-state index in [0.717, 1.165) is 10.3 Å². The summed E-state index contributed by atoms with van der Waals surface area (Å²) in [6.45, 7) is 0.383. The average Bonchev–Trinajstić information content (AvgIpc) is 2.62. The van der Waals surface area contributed by atoms with E-state index in [0.29, 0.717) is 11.2 Å². The van der Waals surface area contributed by atoms with Gasteiger partial charge >= 0.3 is 0 Å². The summed E-state index contributed by atoms with van der Waals surface area (Å²) in [6.07, 6.45) is 0. The van der Waals surface area contributed by atoms with Crippen LogP contribution in [-0.4, -0.2) is 6.54 Å². The number of nitrogens with two attached hydrogens (primary N) is 2. The van der Waals surface area contributed by atoms with Gasteiger partial charge in [-0.1, -0.05) is 12.1 Å². The number of fused-ring (bicyclic) bond motifs is 1. The summed E-state index contributed by atoms with van der Waals surface area (Å²) < 4.78 is 14.0. The maximum atomic E-state index is 13.3. The molecule has 0 aliphatic rings. The monoisotopic (exact) mass is 210 g/mol. The lowest BCUT2D eigenvalue weighted by atomic mass is 10.2. The van der Waals surface area contributed by atoms with Crippen molar-refractivity contribution < 1.29 is 4.39 Å². The molecular weight excluding hydrogens is 199 g/mol. The maximum absolute atomic E-state index is 13.3. The van der Waals surface area contributed by atoms with Crippen LogP contribution in [0.3, 0.4) is 0 Å². The minimum absolute atomic E-state index is 0.188. The molecule has 0 amide bonds. The Morgan fingerprint density at radius 3 is 2.86 bits per heavy atom. The molecule has 2 nitrogen and oxygen atoms in total. The molecule has 0 aliphatic carbocycles.